The first-order valence-electron chi connectivity index (χ1n) is 9.15. The summed E-state index contributed by atoms with van der Waals surface area (Å²) >= 11 is 0. The number of carbonyl (C=O) groups is 1. The normalized spacial score (nSPS) is 27.8. The first-order chi connectivity index (χ1) is 10.9. The molecule has 1 aliphatic heterocycles. The first-order valence-corrected chi connectivity index (χ1v) is 9.15. The summed E-state index contributed by atoms with van der Waals surface area (Å²) in [5, 5.41) is 12.6. The topological polar surface area (TPSA) is 82.2 Å². The van der Waals surface area contributed by atoms with Gasteiger partial charge in [0, 0.05) is 19.6 Å². The third kappa shape index (κ3) is 5.19. The van der Waals surface area contributed by atoms with E-state index >= 15 is 0 Å². The second kappa shape index (κ2) is 8.12. The summed E-state index contributed by atoms with van der Waals surface area (Å²) in [6, 6.07) is 1.86. The highest BCUT2D eigenvalue weighted by molar-refractivity contribution is 5.82. The van der Waals surface area contributed by atoms with Gasteiger partial charge in [-0.15, -0.1) is 0 Å². The molecule has 130 valence electrons. The lowest BCUT2D eigenvalue weighted by atomic mass is 9.84. The third-order valence-corrected chi connectivity index (χ3v) is 5.20. The van der Waals surface area contributed by atoms with Crippen LogP contribution in [0.1, 0.15) is 58.8 Å². The number of nitriles is 1. The molecule has 0 radical (unpaired) electrons. The molecule has 3 N–H and O–H groups in total. The van der Waals surface area contributed by atoms with Gasteiger partial charge in [0.2, 0.25) is 5.91 Å². The molecule has 5 nitrogen and oxygen atoms in total. The number of likely N-dealkylation sites (tertiary alicyclic amines) is 1. The van der Waals surface area contributed by atoms with E-state index in [0.29, 0.717) is 24.8 Å². The average Bonchev–Trinajstić information content (AvgIpc) is 2.90. The maximum atomic E-state index is 12.5. The molecule has 1 saturated heterocycles. The molecule has 1 heterocycles. The van der Waals surface area contributed by atoms with Crippen molar-refractivity contribution < 1.29 is 4.79 Å². The standard InChI is InChI=1S/C18H32N4O/c1-14(2)11-22-9-8-18(12-19,13-22)21-17(23)16(20)10-15-6-4-3-5-7-15/h14-16H,3-11,13,20H2,1-2H3,(H,21,23). The molecule has 0 aromatic heterocycles. The molecule has 0 aromatic carbocycles. The molecule has 1 saturated carbocycles. The van der Waals surface area contributed by atoms with Crippen molar-refractivity contribution in [2.24, 2.45) is 17.6 Å². The second-order valence-electron chi connectivity index (χ2n) is 7.91. The molecule has 0 spiro atoms. The summed E-state index contributed by atoms with van der Waals surface area (Å²) in [7, 11) is 0. The number of nitrogens with two attached hydrogens (primary N) is 1. The van der Waals surface area contributed by atoms with Crippen molar-refractivity contribution in [2.45, 2.75) is 70.4 Å². The fraction of sp³-hybridized carbons (Fsp3) is 0.889. The van der Waals surface area contributed by atoms with Gasteiger partial charge in [-0.25, -0.2) is 0 Å². The number of hydrogen-bond acceptors (Lipinski definition) is 4. The molecule has 0 aromatic rings. The zero-order valence-electron chi connectivity index (χ0n) is 14.7. The summed E-state index contributed by atoms with van der Waals surface area (Å²) in [6.07, 6.45) is 7.64. The van der Waals surface area contributed by atoms with Crippen LogP contribution in [-0.2, 0) is 4.79 Å². The summed E-state index contributed by atoms with van der Waals surface area (Å²) in [5.74, 6) is 0.987. The van der Waals surface area contributed by atoms with Gasteiger partial charge >= 0.3 is 0 Å². The molecule has 2 atom stereocenters. The van der Waals surface area contributed by atoms with Crippen LogP contribution in [0.25, 0.3) is 0 Å². The molecule has 1 aliphatic carbocycles. The largest absolute Gasteiger partial charge is 0.335 e. The fourth-order valence-corrected chi connectivity index (χ4v) is 4.00. The lowest BCUT2D eigenvalue weighted by Gasteiger charge is -2.28. The summed E-state index contributed by atoms with van der Waals surface area (Å²) in [6.45, 7) is 6.79. The highest BCUT2D eigenvalue weighted by Crippen LogP contribution is 2.27. The second-order valence-corrected chi connectivity index (χ2v) is 7.91. The van der Waals surface area contributed by atoms with Crippen molar-refractivity contribution in [3.63, 3.8) is 0 Å². The van der Waals surface area contributed by atoms with E-state index in [0.717, 1.165) is 19.5 Å². The number of amides is 1. The molecule has 2 fully saturated rings. The average molecular weight is 320 g/mol. The smallest absolute Gasteiger partial charge is 0.238 e. The minimum Gasteiger partial charge on any atom is -0.335 e. The molecule has 2 aliphatic rings. The Bertz CT molecular complexity index is 439. The van der Waals surface area contributed by atoms with Gasteiger partial charge in [-0.05, 0) is 24.7 Å². The highest BCUT2D eigenvalue weighted by Gasteiger charge is 2.40. The Balaban J connectivity index is 1.85. The third-order valence-electron chi connectivity index (χ3n) is 5.20. The van der Waals surface area contributed by atoms with Crippen LogP contribution in [0.2, 0.25) is 0 Å². The van der Waals surface area contributed by atoms with Gasteiger partial charge in [0.05, 0.1) is 12.1 Å². The lowest BCUT2D eigenvalue weighted by molar-refractivity contribution is -0.124. The van der Waals surface area contributed by atoms with Crippen LogP contribution in [0.4, 0.5) is 0 Å². The van der Waals surface area contributed by atoms with Crippen molar-refractivity contribution in [3.8, 4) is 6.07 Å². The predicted molar refractivity (Wildman–Crippen MR) is 91.5 cm³/mol. The van der Waals surface area contributed by atoms with Gasteiger partial charge in [-0.2, -0.15) is 5.26 Å². The van der Waals surface area contributed by atoms with Gasteiger partial charge in [-0.3, -0.25) is 9.69 Å². The molecule has 23 heavy (non-hydrogen) atoms. The van der Waals surface area contributed by atoms with Crippen LogP contribution in [0.5, 0.6) is 0 Å². The van der Waals surface area contributed by atoms with Crippen molar-refractivity contribution in [3.05, 3.63) is 0 Å². The van der Waals surface area contributed by atoms with Crippen LogP contribution in [0.15, 0.2) is 0 Å². The Kier molecular flexibility index (Phi) is 6.43. The van der Waals surface area contributed by atoms with Crippen molar-refractivity contribution >= 4 is 5.91 Å². The molecular formula is C18H32N4O. The number of rotatable bonds is 6. The van der Waals surface area contributed by atoms with Crippen molar-refractivity contribution in [2.75, 3.05) is 19.6 Å². The highest BCUT2D eigenvalue weighted by atomic mass is 16.2. The zero-order valence-corrected chi connectivity index (χ0v) is 14.7. The van der Waals surface area contributed by atoms with E-state index < -0.39 is 11.6 Å². The molecule has 5 heteroatoms. The SMILES string of the molecule is CC(C)CN1CCC(C#N)(NC(=O)C(N)CC2CCCCC2)C1. The Hall–Kier alpha value is -1.12. The Morgan fingerprint density at radius 3 is 2.70 bits per heavy atom. The van der Waals surface area contributed by atoms with Gasteiger partial charge in [-0.1, -0.05) is 46.0 Å². The van der Waals surface area contributed by atoms with Crippen LogP contribution in [-0.4, -0.2) is 42.0 Å². The quantitative estimate of drug-likeness (QED) is 0.784. The number of carbonyl (C=O) groups excluding carboxylic acids is 1. The monoisotopic (exact) mass is 320 g/mol. The van der Waals surface area contributed by atoms with Gasteiger partial charge in [0.15, 0.2) is 0 Å². The van der Waals surface area contributed by atoms with Gasteiger partial charge < -0.3 is 11.1 Å². The maximum absolute atomic E-state index is 12.5. The van der Waals surface area contributed by atoms with E-state index in [-0.39, 0.29) is 5.91 Å². The number of hydrogen-bond donors (Lipinski definition) is 2. The summed E-state index contributed by atoms with van der Waals surface area (Å²) in [5.41, 5.74) is 5.37. The number of nitrogens with zero attached hydrogens (tertiary/aromatic N) is 2. The van der Waals surface area contributed by atoms with E-state index in [4.69, 9.17) is 5.73 Å². The molecule has 2 unspecified atom stereocenters. The molecule has 0 bridgehead atoms. The Morgan fingerprint density at radius 1 is 1.39 bits per heavy atom. The van der Waals surface area contributed by atoms with Crippen LogP contribution < -0.4 is 11.1 Å². The molecule has 2 rings (SSSR count). The fourth-order valence-electron chi connectivity index (χ4n) is 4.00. The van der Waals surface area contributed by atoms with Crippen LogP contribution in [0.3, 0.4) is 0 Å². The van der Waals surface area contributed by atoms with Crippen LogP contribution >= 0.6 is 0 Å². The van der Waals surface area contributed by atoms with E-state index in [1.54, 1.807) is 0 Å². The van der Waals surface area contributed by atoms with Gasteiger partial charge in [0.1, 0.15) is 5.54 Å². The zero-order chi connectivity index (χ0) is 16.9. The van der Waals surface area contributed by atoms with Crippen molar-refractivity contribution in [1.82, 2.24) is 10.2 Å². The van der Waals surface area contributed by atoms with Crippen molar-refractivity contribution in [1.29, 1.82) is 5.26 Å². The van der Waals surface area contributed by atoms with Crippen LogP contribution in [0, 0.1) is 23.2 Å². The summed E-state index contributed by atoms with van der Waals surface area (Å²) < 4.78 is 0. The van der Waals surface area contributed by atoms with Gasteiger partial charge in [0.25, 0.3) is 0 Å². The predicted octanol–water partition coefficient (Wildman–Crippen LogP) is 2.02. The van der Waals surface area contributed by atoms with E-state index in [2.05, 4.69) is 30.1 Å². The Morgan fingerprint density at radius 2 is 2.09 bits per heavy atom. The summed E-state index contributed by atoms with van der Waals surface area (Å²) in [4.78, 5) is 14.7. The molecule has 1 amide bonds. The lowest BCUT2D eigenvalue weighted by Crippen LogP contribution is -2.54. The van der Waals surface area contributed by atoms with E-state index in [1.807, 2.05) is 0 Å². The number of nitrogens with one attached hydrogen (secondary N) is 1. The molecular weight excluding hydrogens is 288 g/mol. The minimum absolute atomic E-state index is 0.150. The maximum Gasteiger partial charge on any atom is 0.238 e. The Labute approximate surface area is 140 Å². The van der Waals surface area contributed by atoms with E-state index in [9.17, 15) is 10.1 Å². The van der Waals surface area contributed by atoms with E-state index in [1.165, 1.54) is 32.1 Å². The minimum atomic E-state index is -0.754. The first kappa shape index (κ1) is 18.2.